The average molecular weight is 338 g/mol. The summed E-state index contributed by atoms with van der Waals surface area (Å²) in [6.45, 7) is 3.40. The number of rotatable bonds is 6. The van der Waals surface area contributed by atoms with E-state index in [9.17, 15) is 0 Å². The van der Waals surface area contributed by atoms with Crippen LogP contribution in [0.4, 0.5) is 0 Å². The molecule has 0 aliphatic heterocycles. The zero-order chi connectivity index (χ0) is 14.5. The molecule has 1 aromatic carbocycles. The van der Waals surface area contributed by atoms with E-state index in [1.807, 2.05) is 37.0 Å². The molecule has 108 valence electrons. The van der Waals surface area contributed by atoms with E-state index >= 15 is 0 Å². The fourth-order valence-electron chi connectivity index (χ4n) is 2.10. The molecule has 4 nitrogen and oxygen atoms in total. The summed E-state index contributed by atoms with van der Waals surface area (Å²) < 4.78 is 8.89. The smallest absolute Gasteiger partial charge is 0.131 e. The lowest BCUT2D eigenvalue weighted by molar-refractivity contribution is 0.290. The number of hydrogen-bond donors (Lipinski definition) is 1. The first kappa shape index (κ1) is 15.1. The molecule has 1 N–H and O–H groups in total. The van der Waals surface area contributed by atoms with Crippen LogP contribution in [0, 0.1) is 0 Å². The lowest BCUT2D eigenvalue weighted by Crippen LogP contribution is -2.09. The van der Waals surface area contributed by atoms with Gasteiger partial charge in [0, 0.05) is 19.2 Å². The fourth-order valence-corrected chi connectivity index (χ4v) is 2.83. The first-order chi connectivity index (χ1) is 9.67. The van der Waals surface area contributed by atoms with Crippen molar-refractivity contribution in [2.24, 2.45) is 7.05 Å². The van der Waals surface area contributed by atoms with Gasteiger partial charge in [-0.1, -0.05) is 25.1 Å². The molecule has 0 unspecified atom stereocenters. The Morgan fingerprint density at radius 3 is 2.75 bits per heavy atom. The van der Waals surface area contributed by atoms with Crippen LogP contribution in [0.2, 0.25) is 0 Å². The van der Waals surface area contributed by atoms with Gasteiger partial charge >= 0.3 is 0 Å². The van der Waals surface area contributed by atoms with Crippen molar-refractivity contribution in [3.8, 4) is 5.75 Å². The maximum Gasteiger partial charge on any atom is 0.131 e. The first-order valence-corrected chi connectivity index (χ1v) is 7.52. The molecule has 5 heteroatoms. The van der Waals surface area contributed by atoms with Crippen molar-refractivity contribution in [3.63, 3.8) is 0 Å². The Kier molecular flexibility index (Phi) is 5.20. The largest absolute Gasteiger partial charge is 0.487 e. The highest BCUT2D eigenvalue weighted by Gasteiger charge is 2.13. The van der Waals surface area contributed by atoms with Gasteiger partial charge in [-0.25, -0.2) is 0 Å². The Balaban J connectivity index is 2.15. The molecular formula is C15H20BrN3O. The minimum absolute atomic E-state index is 0.505. The molecule has 1 heterocycles. The second kappa shape index (κ2) is 6.90. The van der Waals surface area contributed by atoms with Crippen LogP contribution in [0.15, 0.2) is 28.7 Å². The number of halogens is 1. The normalized spacial score (nSPS) is 10.8. The first-order valence-electron chi connectivity index (χ1n) is 6.72. The minimum Gasteiger partial charge on any atom is -0.487 e. The SMILES string of the molecule is CCc1nn(C)c(COc2ccccc2CNC)c1Br. The van der Waals surface area contributed by atoms with E-state index in [2.05, 4.69) is 39.3 Å². The molecule has 0 saturated carbocycles. The van der Waals surface area contributed by atoms with Crippen LogP contribution >= 0.6 is 15.9 Å². The van der Waals surface area contributed by atoms with Crippen molar-refractivity contribution in [1.29, 1.82) is 0 Å². The van der Waals surface area contributed by atoms with Gasteiger partial charge in [-0.2, -0.15) is 5.10 Å². The highest BCUT2D eigenvalue weighted by Crippen LogP contribution is 2.24. The zero-order valence-corrected chi connectivity index (χ0v) is 13.7. The summed E-state index contributed by atoms with van der Waals surface area (Å²) in [6.07, 6.45) is 0.908. The van der Waals surface area contributed by atoms with Gasteiger partial charge in [-0.3, -0.25) is 4.68 Å². The van der Waals surface area contributed by atoms with Crippen molar-refractivity contribution in [1.82, 2.24) is 15.1 Å². The molecule has 0 aliphatic rings. The minimum atomic E-state index is 0.505. The van der Waals surface area contributed by atoms with Gasteiger partial charge in [-0.05, 0) is 35.5 Å². The predicted octanol–water partition coefficient (Wildman–Crippen LogP) is 3.04. The Hall–Kier alpha value is -1.33. The van der Waals surface area contributed by atoms with Crippen molar-refractivity contribution in [2.75, 3.05) is 7.05 Å². The number of nitrogens with zero attached hydrogens (tertiary/aromatic N) is 2. The highest BCUT2D eigenvalue weighted by molar-refractivity contribution is 9.10. The molecule has 0 fully saturated rings. The number of aryl methyl sites for hydroxylation is 2. The third-order valence-corrected chi connectivity index (χ3v) is 4.12. The van der Waals surface area contributed by atoms with Crippen LogP contribution in [0.3, 0.4) is 0 Å². The molecular weight excluding hydrogens is 318 g/mol. The third-order valence-electron chi connectivity index (χ3n) is 3.21. The molecule has 2 rings (SSSR count). The molecule has 0 spiro atoms. The second-order valence-electron chi connectivity index (χ2n) is 4.61. The maximum absolute atomic E-state index is 5.96. The van der Waals surface area contributed by atoms with E-state index in [1.165, 1.54) is 0 Å². The summed E-state index contributed by atoms with van der Waals surface area (Å²) in [5.74, 6) is 0.910. The van der Waals surface area contributed by atoms with Crippen LogP contribution < -0.4 is 10.1 Å². The molecule has 0 atom stereocenters. The quantitative estimate of drug-likeness (QED) is 0.880. The predicted molar refractivity (Wildman–Crippen MR) is 83.8 cm³/mol. The molecule has 2 aromatic rings. The van der Waals surface area contributed by atoms with Gasteiger partial charge in [-0.15, -0.1) is 0 Å². The van der Waals surface area contributed by atoms with E-state index in [-0.39, 0.29) is 0 Å². The summed E-state index contributed by atoms with van der Waals surface area (Å²) in [4.78, 5) is 0. The highest BCUT2D eigenvalue weighted by atomic mass is 79.9. The van der Waals surface area contributed by atoms with E-state index < -0.39 is 0 Å². The summed E-state index contributed by atoms with van der Waals surface area (Å²) in [5.41, 5.74) is 3.28. The fraction of sp³-hybridized carbons (Fsp3) is 0.400. The summed E-state index contributed by atoms with van der Waals surface area (Å²) in [6, 6.07) is 8.08. The van der Waals surface area contributed by atoms with Crippen LogP contribution in [0.1, 0.15) is 23.9 Å². The van der Waals surface area contributed by atoms with Crippen molar-refractivity contribution in [2.45, 2.75) is 26.5 Å². The Morgan fingerprint density at radius 2 is 2.10 bits per heavy atom. The van der Waals surface area contributed by atoms with Gasteiger partial charge in [0.05, 0.1) is 15.9 Å². The van der Waals surface area contributed by atoms with Gasteiger partial charge < -0.3 is 10.1 Å². The lowest BCUT2D eigenvalue weighted by Gasteiger charge is -2.11. The number of nitrogens with one attached hydrogen (secondary N) is 1. The molecule has 0 saturated heterocycles. The molecule has 0 radical (unpaired) electrons. The van der Waals surface area contributed by atoms with Gasteiger partial charge in [0.25, 0.3) is 0 Å². The van der Waals surface area contributed by atoms with Gasteiger partial charge in [0.2, 0.25) is 0 Å². The number of para-hydroxylation sites is 1. The molecule has 1 aromatic heterocycles. The Labute approximate surface area is 128 Å². The average Bonchev–Trinajstić information content (AvgIpc) is 2.73. The Morgan fingerprint density at radius 1 is 1.35 bits per heavy atom. The van der Waals surface area contributed by atoms with Crippen molar-refractivity contribution < 1.29 is 4.74 Å². The van der Waals surface area contributed by atoms with Crippen molar-refractivity contribution >= 4 is 15.9 Å². The van der Waals surface area contributed by atoms with Crippen LogP contribution in [-0.2, 0) is 26.6 Å². The number of benzene rings is 1. The number of hydrogen-bond acceptors (Lipinski definition) is 3. The van der Waals surface area contributed by atoms with Crippen LogP contribution in [0.5, 0.6) is 5.75 Å². The molecule has 20 heavy (non-hydrogen) atoms. The standard InChI is InChI=1S/C15H20BrN3O/c1-4-12-15(16)13(19(3)18-12)10-20-14-8-6-5-7-11(14)9-17-2/h5-8,17H,4,9-10H2,1-3H3. The summed E-state index contributed by atoms with van der Waals surface area (Å²) in [7, 11) is 3.88. The topological polar surface area (TPSA) is 39.1 Å². The van der Waals surface area contributed by atoms with Crippen LogP contribution in [-0.4, -0.2) is 16.8 Å². The Bertz CT molecular complexity index is 580. The maximum atomic E-state index is 5.96. The number of aromatic nitrogens is 2. The zero-order valence-electron chi connectivity index (χ0n) is 12.1. The molecule has 0 amide bonds. The summed E-state index contributed by atoms with van der Waals surface area (Å²) >= 11 is 3.61. The van der Waals surface area contributed by atoms with E-state index in [1.54, 1.807) is 0 Å². The number of ether oxygens (including phenoxy) is 1. The lowest BCUT2D eigenvalue weighted by atomic mass is 10.2. The summed E-state index contributed by atoms with van der Waals surface area (Å²) in [5, 5.41) is 7.63. The second-order valence-corrected chi connectivity index (χ2v) is 5.40. The molecule has 0 bridgehead atoms. The van der Waals surface area contributed by atoms with E-state index in [0.717, 1.165) is 40.1 Å². The van der Waals surface area contributed by atoms with Crippen molar-refractivity contribution in [3.05, 3.63) is 45.7 Å². The van der Waals surface area contributed by atoms with Gasteiger partial charge in [0.15, 0.2) is 0 Å². The third kappa shape index (κ3) is 3.22. The van der Waals surface area contributed by atoms with Gasteiger partial charge in [0.1, 0.15) is 12.4 Å². The monoisotopic (exact) mass is 337 g/mol. The van der Waals surface area contributed by atoms with E-state index in [4.69, 9.17) is 4.74 Å². The van der Waals surface area contributed by atoms with E-state index in [0.29, 0.717) is 6.61 Å². The van der Waals surface area contributed by atoms with Crippen LogP contribution in [0.25, 0.3) is 0 Å². The molecule has 0 aliphatic carbocycles.